The minimum absolute atomic E-state index is 0.168. The summed E-state index contributed by atoms with van der Waals surface area (Å²) < 4.78 is 17.3. The molecule has 0 saturated carbocycles. The summed E-state index contributed by atoms with van der Waals surface area (Å²) in [5.41, 5.74) is 2.09. The second-order valence-corrected chi connectivity index (χ2v) is 13.0. The fraction of sp³-hybridized carbons (Fsp3) is 0.273. The Balaban J connectivity index is 1.55. The summed E-state index contributed by atoms with van der Waals surface area (Å²) in [5, 5.41) is 1.95. The molecule has 0 radical (unpaired) electrons. The van der Waals surface area contributed by atoms with Gasteiger partial charge in [0.1, 0.15) is 15.6 Å². The highest BCUT2D eigenvalue weighted by Gasteiger charge is 2.46. The van der Waals surface area contributed by atoms with Crippen LogP contribution in [0.5, 0.6) is 5.75 Å². The van der Waals surface area contributed by atoms with Crippen molar-refractivity contribution in [3.63, 3.8) is 0 Å². The number of anilines is 1. The Morgan fingerprint density at radius 1 is 0.860 bits per heavy atom. The highest BCUT2D eigenvalue weighted by molar-refractivity contribution is 8.29. The maximum absolute atomic E-state index is 14.0. The number of esters is 2. The van der Waals surface area contributed by atoms with Gasteiger partial charge in [0.15, 0.2) is 6.61 Å². The molecule has 0 aromatic heterocycles. The molecule has 2 heterocycles. The van der Waals surface area contributed by atoms with Crippen LogP contribution in [0.4, 0.5) is 5.69 Å². The number of hydrogen-bond donors (Lipinski definition) is 0. The van der Waals surface area contributed by atoms with E-state index in [0.29, 0.717) is 26.1 Å². The maximum Gasteiger partial charge on any atom is 0.346 e. The van der Waals surface area contributed by atoms with Crippen molar-refractivity contribution in [2.75, 3.05) is 24.7 Å². The number of aryl methyl sites for hydroxylation is 1. The lowest BCUT2D eigenvalue weighted by molar-refractivity contribution is -0.140. The predicted molar refractivity (Wildman–Crippen MR) is 177 cm³/mol. The van der Waals surface area contributed by atoms with Crippen molar-refractivity contribution in [2.45, 2.75) is 40.2 Å². The van der Waals surface area contributed by atoms with Crippen LogP contribution < -0.4 is 9.64 Å². The molecule has 2 aliphatic rings. The van der Waals surface area contributed by atoms with E-state index in [1.54, 1.807) is 18.7 Å². The Morgan fingerprint density at radius 2 is 1.47 bits per heavy atom. The third-order valence-electron chi connectivity index (χ3n) is 7.14. The molecule has 0 unspecified atom stereocenters. The van der Waals surface area contributed by atoms with Crippen molar-refractivity contribution in [3.05, 3.63) is 85.8 Å². The standard InChI is InChI=1S/C33H31NO6S3/c1-6-38-30(36)27-28(31(37)39-7-2)43-32(42-27)25-22-16-10-12-19(3)26(22)34(33(4,5)29(25)41)24(35)18-40-23-17-11-14-20-13-8-9-15-21(20)23/h8-17H,6-7,18H2,1-5H3. The van der Waals surface area contributed by atoms with Gasteiger partial charge in [0.2, 0.25) is 0 Å². The minimum atomic E-state index is -0.937. The molecule has 5 rings (SSSR count). The summed E-state index contributed by atoms with van der Waals surface area (Å²) in [4.78, 5) is 42.3. The summed E-state index contributed by atoms with van der Waals surface area (Å²) in [5.74, 6) is -0.804. The number of para-hydroxylation sites is 1. The van der Waals surface area contributed by atoms with Crippen molar-refractivity contribution in [3.8, 4) is 5.75 Å². The zero-order chi connectivity index (χ0) is 30.9. The molecule has 0 N–H and O–H groups in total. The minimum Gasteiger partial charge on any atom is -0.483 e. The van der Waals surface area contributed by atoms with Gasteiger partial charge in [0.05, 0.1) is 33.5 Å². The van der Waals surface area contributed by atoms with Crippen LogP contribution in [-0.4, -0.2) is 48.1 Å². The van der Waals surface area contributed by atoms with Crippen molar-refractivity contribution in [1.29, 1.82) is 0 Å². The summed E-state index contributed by atoms with van der Waals surface area (Å²) in [6.07, 6.45) is 0. The molecule has 0 bridgehead atoms. The largest absolute Gasteiger partial charge is 0.483 e. The van der Waals surface area contributed by atoms with Crippen molar-refractivity contribution in [1.82, 2.24) is 0 Å². The molecule has 3 aromatic carbocycles. The van der Waals surface area contributed by atoms with Gasteiger partial charge in [0, 0.05) is 16.5 Å². The fourth-order valence-electron chi connectivity index (χ4n) is 5.19. The molecule has 0 fully saturated rings. The number of thiocarbonyl (C=S) groups is 1. The quantitative estimate of drug-likeness (QED) is 0.152. The second-order valence-electron chi connectivity index (χ2n) is 10.3. The maximum atomic E-state index is 14.0. The second kappa shape index (κ2) is 12.6. The van der Waals surface area contributed by atoms with Crippen LogP contribution in [0.3, 0.4) is 0 Å². The SMILES string of the molecule is CCOC(=O)C1=C(C(=O)OCC)SC(=C2C(=S)C(C)(C)N(C(=O)COc3cccc4ccccc34)c3c(C)cccc32)S1. The number of hydrogen-bond acceptors (Lipinski definition) is 9. The van der Waals surface area contributed by atoms with Crippen molar-refractivity contribution in [2.24, 2.45) is 0 Å². The number of benzene rings is 3. The number of fused-ring (bicyclic) bond motifs is 2. The lowest BCUT2D eigenvalue weighted by atomic mass is 9.82. The zero-order valence-corrected chi connectivity index (χ0v) is 27.0. The first-order valence-electron chi connectivity index (χ1n) is 13.9. The van der Waals surface area contributed by atoms with E-state index in [9.17, 15) is 14.4 Å². The van der Waals surface area contributed by atoms with E-state index >= 15 is 0 Å². The van der Waals surface area contributed by atoms with E-state index in [1.807, 2.05) is 81.4 Å². The Hall–Kier alpha value is -3.60. The van der Waals surface area contributed by atoms with E-state index in [1.165, 1.54) is 0 Å². The molecule has 7 nitrogen and oxygen atoms in total. The first-order valence-corrected chi connectivity index (χ1v) is 15.9. The third kappa shape index (κ3) is 5.71. The van der Waals surface area contributed by atoms with E-state index < -0.39 is 17.5 Å². The van der Waals surface area contributed by atoms with Gasteiger partial charge in [-0.05, 0) is 51.6 Å². The first kappa shape index (κ1) is 30.8. The van der Waals surface area contributed by atoms with Crippen LogP contribution in [0, 0.1) is 6.92 Å². The number of thioether (sulfide) groups is 2. The lowest BCUT2D eigenvalue weighted by Gasteiger charge is -2.45. The van der Waals surface area contributed by atoms with Crippen LogP contribution in [-0.2, 0) is 23.9 Å². The van der Waals surface area contributed by atoms with Gasteiger partial charge in [-0.2, -0.15) is 0 Å². The van der Waals surface area contributed by atoms with Crippen molar-refractivity contribution >= 4 is 80.5 Å². The summed E-state index contributed by atoms with van der Waals surface area (Å²) >= 11 is 8.40. The highest BCUT2D eigenvalue weighted by Crippen LogP contribution is 2.56. The molecule has 0 aliphatic carbocycles. The van der Waals surface area contributed by atoms with E-state index in [4.69, 9.17) is 26.4 Å². The van der Waals surface area contributed by atoms with Gasteiger partial charge in [-0.15, -0.1) is 0 Å². The van der Waals surface area contributed by atoms with Crippen LogP contribution in [0.25, 0.3) is 16.3 Å². The van der Waals surface area contributed by atoms with Gasteiger partial charge in [0.25, 0.3) is 5.91 Å². The van der Waals surface area contributed by atoms with E-state index in [0.717, 1.165) is 45.4 Å². The average Bonchev–Trinajstić information content (AvgIpc) is 3.43. The molecule has 10 heteroatoms. The predicted octanol–water partition coefficient (Wildman–Crippen LogP) is 7.21. The van der Waals surface area contributed by atoms with Gasteiger partial charge in [-0.3, -0.25) is 9.69 Å². The lowest BCUT2D eigenvalue weighted by Crippen LogP contribution is -2.57. The number of ether oxygens (including phenoxy) is 3. The van der Waals surface area contributed by atoms with Gasteiger partial charge in [-0.1, -0.05) is 90.3 Å². The Bertz CT molecular complexity index is 1690. The van der Waals surface area contributed by atoms with Gasteiger partial charge >= 0.3 is 11.9 Å². The number of nitrogens with zero attached hydrogens (tertiary/aromatic N) is 1. The molecule has 43 heavy (non-hydrogen) atoms. The number of rotatable bonds is 7. The Kier molecular flexibility index (Phi) is 9.01. The molecule has 2 aliphatic heterocycles. The number of amides is 1. The van der Waals surface area contributed by atoms with Crippen LogP contribution in [0.1, 0.15) is 38.8 Å². The molecule has 222 valence electrons. The fourth-order valence-corrected chi connectivity index (χ4v) is 8.18. The number of carbonyl (C=O) groups is 3. The summed E-state index contributed by atoms with van der Waals surface area (Å²) in [6, 6.07) is 19.4. The van der Waals surface area contributed by atoms with Gasteiger partial charge in [-0.25, -0.2) is 9.59 Å². The Labute approximate surface area is 264 Å². The molecule has 0 saturated heterocycles. The topological polar surface area (TPSA) is 82.1 Å². The Morgan fingerprint density at radius 3 is 2.12 bits per heavy atom. The first-order chi connectivity index (χ1) is 20.6. The van der Waals surface area contributed by atoms with E-state index in [2.05, 4.69) is 0 Å². The average molecular weight is 634 g/mol. The molecular weight excluding hydrogens is 603 g/mol. The van der Waals surface area contributed by atoms with Crippen molar-refractivity contribution < 1.29 is 28.6 Å². The number of carbonyl (C=O) groups excluding carboxylic acids is 3. The molecule has 1 amide bonds. The monoisotopic (exact) mass is 633 g/mol. The van der Waals surface area contributed by atoms with Crippen LogP contribution >= 0.6 is 35.7 Å². The highest BCUT2D eigenvalue weighted by atomic mass is 32.2. The zero-order valence-electron chi connectivity index (χ0n) is 24.5. The van der Waals surface area contributed by atoms with Crippen LogP contribution in [0.15, 0.2) is 74.7 Å². The molecule has 3 aromatic rings. The smallest absolute Gasteiger partial charge is 0.346 e. The van der Waals surface area contributed by atoms with Crippen LogP contribution in [0.2, 0.25) is 0 Å². The molecule has 0 spiro atoms. The molecular formula is C33H31NO6S3. The van der Waals surface area contributed by atoms with E-state index in [-0.39, 0.29) is 35.5 Å². The van der Waals surface area contributed by atoms with Gasteiger partial charge < -0.3 is 14.2 Å². The normalized spacial score (nSPS) is 15.9. The summed E-state index contributed by atoms with van der Waals surface area (Å²) in [7, 11) is 0. The summed E-state index contributed by atoms with van der Waals surface area (Å²) in [6.45, 7) is 9.31. The third-order valence-corrected chi connectivity index (χ3v) is 10.4. The molecule has 0 atom stereocenters.